The highest BCUT2D eigenvalue weighted by Gasteiger charge is 2.49. The molecule has 1 saturated heterocycles. The Morgan fingerprint density at radius 2 is 1.77 bits per heavy atom. The number of nitrogens with one attached hydrogen (secondary N) is 1. The molecule has 1 aliphatic heterocycles. The van der Waals surface area contributed by atoms with Crippen molar-refractivity contribution in [3.05, 3.63) is 29.6 Å². The summed E-state index contributed by atoms with van der Waals surface area (Å²) in [6.07, 6.45) is -1.70. The number of carbonyl (C=O) groups is 2. The van der Waals surface area contributed by atoms with E-state index >= 15 is 0 Å². The standard InChI is InChI=1S/C20H24F6N2O6S/c1-11(13-6-5-12(9-14(13)21)34-35(31,32)20(24,25)26)15(27-17(30)33-18(2,3)4)16(29)28-8-7-19(22,23)10-28/h5-6,9,11,15H,7-8,10H2,1-4H3,(H,27,30). The molecule has 1 heterocycles. The second kappa shape index (κ2) is 9.74. The predicted octanol–water partition coefficient (Wildman–Crippen LogP) is 3.92. The Bertz CT molecular complexity index is 1070. The van der Waals surface area contributed by atoms with Gasteiger partial charge in [0.25, 0.3) is 5.92 Å². The van der Waals surface area contributed by atoms with E-state index in [4.69, 9.17) is 4.74 Å². The van der Waals surface area contributed by atoms with Gasteiger partial charge in [-0.05, 0) is 32.4 Å². The summed E-state index contributed by atoms with van der Waals surface area (Å²) in [6.45, 7) is 4.61. The van der Waals surface area contributed by atoms with Gasteiger partial charge in [-0.15, -0.1) is 0 Å². The summed E-state index contributed by atoms with van der Waals surface area (Å²) in [4.78, 5) is 26.1. The topological polar surface area (TPSA) is 102 Å². The third-order valence-electron chi connectivity index (χ3n) is 4.87. The summed E-state index contributed by atoms with van der Waals surface area (Å²) in [6, 6.07) is 0.335. The fraction of sp³-hybridized carbons (Fsp3) is 0.600. The maximum Gasteiger partial charge on any atom is 0.534 e. The molecule has 1 fully saturated rings. The maximum absolute atomic E-state index is 14.8. The van der Waals surface area contributed by atoms with Crippen molar-refractivity contribution in [2.24, 2.45) is 0 Å². The maximum atomic E-state index is 14.8. The molecule has 0 aliphatic carbocycles. The van der Waals surface area contributed by atoms with Crippen LogP contribution >= 0.6 is 0 Å². The minimum Gasteiger partial charge on any atom is -0.444 e. The number of ether oxygens (including phenoxy) is 1. The van der Waals surface area contributed by atoms with Gasteiger partial charge in [0.1, 0.15) is 23.2 Å². The van der Waals surface area contributed by atoms with E-state index in [1.165, 1.54) is 27.7 Å². The van der Waals surface area contributed by atoms with Crippen LogP contribution in [-0.4, -0.2) is 61.5 Å². The fourth-order valence-corrected chi connectivity index (χ4v) is 3.69. The van der Waals surface area contributed by atoms with Crippen LogP contribution in [0.25, 0.3) is 0 Å². The Hall–Kier alpha value is -2.71. The second-order valence-electron chi connectivity index (χ2n) is 8.94. The van der Waals surface area contributed by atoms with Crippen molar-refractivity contribution < 1.29 is 53.3 Å². The average molecular weight is 534 g/mol. The normalized spacial score (nSPS) is 18.1. The molecule has 8 nitrogen and oxygen atoms in total. The first kappa shape index (κ1) is 28.5. The minimum atomic E-state index is -6.06. The molecule has 0 radical (unpaired) electrons. The first-order chi connectivity index (χ1) is 15.7. The van der Waals surface area contributed by atoms with Gasteiger partial charge in [0.2, 0.25) is 5.91 Å². The summed E-state index contributed by atoms with van der Waals surface area (Å²) in [5.74, 6) is -7.60. The zero-order valence-electron chi connectivity index (χ0n) is 19.1. The molecule has 0 spiro atoms. The van der Waals surface area contributed by atoms with Crippen molar-refractivity contribution in [1.29, 1.82) is 0 Å². The number of alkyl halides is 5. The lowest BCUT2D eigenvalue weighted by molar-refractivity contribution is -0.134. The quantitative estimate of drug-likeness (QED) is 0.337. The van der Waals surface area contributed by atoms with Crippen LogP contribution in [0.4, 0.5) is 31.1 Å². The summed E-state index contributed by atoms with van der Waals surface area (Å²) in [5, 5.41) is 2.24. The Balaban J connectivity index is 2.35. The average Bonchev–Trinajstić information content (AvgIpc) is 3.02. The molecule has 0 aromatic heterocycles. The van der Waals surface area contributed by atoms with E-state index in [2.05, 4.69) is 9.50 Å². The zero-order chi connectivity index (χ0) is 27.0. The Morgan fingerprint density at radius 1 is 1.17 bits per heavy atom. The second-order valence-corrected chi connectivity index (χ2v) is 10.5. The Morgan fingerprint density at radius 3 is 2.23 bits per heavy atom. The highest BCUT2D eigenvalue weighted by atomic mass is 32.2. The fourth-order valence-electron chi connectivity index (χ4n) is 3.24. The predicted molar refractivity (Wildman–Crippen MR) is 110 cm³/mol. The molecule has 1 aromatic rings. The molecular formula is C20H24F6N2O6S. The van der Waals surface area contributed by atoms with E-state index < -0.39 is 75.6 Å². The van der Waals surface area contributed by atoms with Crippen LogP contribution < -0.4 is 9.50 Å². The van der Waals surface area contributed by atoms with Gasteiger partial charge in [0.15, 0.2) is 0 Å². The SMILES string of the molecule is CC(c1ccc(OS(=O)(=O)C(F)(F)F)cc1F)C(NC(=O)OC(C)(C)C)C(=O)N1CCC(F)(F)C1. The van der Waals surface area contributed by atoms with Crippen molar-refractivity contribution in [1.82, 2.24) is 10.2 Å². The number of rotatable bonds is 6. The number of hydrogen-bond donors (Lipinski definition) is 1. The van der Waals surface area contributed by atoms with Gasteiger partial charge >= 0.3 is 21.7 Å². The number of likely N-dealkylation sites (tertiary alicyclic amines) is 1. The molecule has 198 valence electrons. The van der Waals surface area contributed by atoms with Crippen molar-refractivity contribution in [2.45, 2.75) is 63.1 Å². The largest absolute Gasteiger partial charge is 0.534 e. The van der Waals surface area contributed by atoms with E-state index in [1.807, 2.05) is 0 Å². The lowest BCUT2D eigenvalue weighted by atomic mass is 9.91. The van der Waals surface area contributed by atoms with Gasteiger partial charge < -0.3 is 19.1 Å². The number of benzene rings is 1. The molecule has 0 bridgehead atoms. The van der Waals surface area contributed by atoms with Crippen molar-refractivity contribution in [2.75, 3.05) is 13.1 Å². The number of alkyl carbamates (subject to hydrolysis) is 1. The van der Waals surface area contributed by atoms with Crippen molar-refractivity contribution in [3.63, 3.8) is 0 Å². The minimum absolute atomic E-state index is 0.324. The van der Waals surface area contributed by atoms with Gasteiger partial charge in [-0.1, -0.05) is 13.0 Å². The lowest BCUT2D eigenvalue weighted by Crippen LogP contribution is -2.52. The van der Waals surface area contributed by atoms with Crippen LogP contribution in [0.1, 0.15) is 45.6 Å². The van der Waals surface area contributed by atoms with Crippen molar-refractivity contribution in [3.8, 4) is 5.75 Å². The first-order valence-electron chi connectivity index (χ1n) is 10.2. The monoisotopic (exact) mass is 534 g/mol. The molecule has 2 atom stereocenters. The van der Waals surface area contributed by atoms with E-state index in [-0.39, 0.29) is 12.1 Å². The van der Waals surface area contributed by atoms with Gasteiger partial charge in [-0.25, -0.2) is 18.0 Å². The van der Waals surface area contributed by atoms with Crippen molar-refractivity contribution >= 4 is 22.1 Å². The van der Waals surface area contributed by atoms with Gasteiger partial charge in [-0.2, -0.15) is 21.6 Å². The van der Waals surface area contributed by atoms with E-state index in [0.29, 0.717) is 6.07 Å². The molecule has 35 heavy (non-hydrogen) atoms. The van der Waals surface area contributed by atoms with Crippen LogP contribution in [0, 0.1) is 5.82 Å². The number of halogens is 6. The number of amides is 2. The Kier molecular flexibility index (Phi) is 7.94. The third-order valence-corrected chi connectivity index (χ3v) is 5.85. The molecular weight excluding hydrogens is 510 g/mol. The van der Waals surface area contributed by atoms with Gasteiger partial charge in [-0.3, -0.25) is 4.79 Å². The smallest absolute Gasteiger partial charge is 0.444 e. The van der Waals surface area contributed by atoms with Gasteiger partial charge in [0, 0.05) is 24.9 Å². The Labute approximate surface area is 197 Å². The first-order valence-corrected chi connectivity index (χ1v) is 11.6. The van der Waals surface area contributed by atoms with Crippen LogP contribution in [0.2, 0.25) is 0 Å². The lowest BCUT2D eigenvalue weighted by Gasteiger charge is -2.30. The molecule has 15 heteroatoms. The molecule has 1 aromatic carbocycles. The number of nitrogens with zero attached hydrogens (tertiary/aromatic N) is 1. The summed E-state index contributed by atoms with van der Waals surface area (Å²) in [5.41, 5.74) is -7.07. The summed E-state index contributed by atoms with van der Waals surface area (Å²) in [7, 11) is -6.06. The van der Waals surface area contributed by atoms with E-state index in [0.717, 1.165) is 17.0 Å². The molecule has 0 saturated carbocycles. The van der Waals surface area contributed by atoms with E-state index in [9.17, 15) is 44.3 Å². The molecule has 2 amide bonds. The van der Waals surface area contributed by atoms with Crippen LogP contribution in [0.5, 0.6) is 5.75 Å². The van der Waals surface area contributed by atoms with Crippen LogP contribution in [-0.2, 0) is 19.6 Å². The molecule has 2 unspecified atom stereocenters. The molecule has 1 aliphatic rings. The summed E-state index contributed by atoms with van der Waals surface area (Å²) < 4.78 is 111. The number of hydrogen-bond acceptors (Lipinski definition) is 6. The number of carbonyl (C=O) groups excluding carboxylic acids is 2. The third kappa shape index (κ3) is 7.39. The van der Waals surface area contributed by atoms with Gasteiger partial charge in [0.05, 0.1) is 6.54 Å². The van der Waals surface area contributed by atoms with E-state index in [1.54, 1.807) is 0 Å². The van der Waals surface area contributed by atoms with Crippen LogP contribution in [0.15, 0.2) is 18.2 Å². The zero-order valence-corrected chi connectivity index (χ0v) is 19.9. The molecule has 2 rings (SSSR count). The van der Waals surface area contributed by atoms with Crippen LogP contribution in [0.3, 0.4) is 0 Å². The summed E-state index contributed by atoms with van der Waals surface area (Å²) >= 11 is 0. The molecule has 1 N–H and O–H groups in total. The highest BCUT2D eigenvalue weighted by Crippen LogP contribution is 2.32. The highest BCUT2D eigenvalue weighted by molar-refractivity contribution is 7.88.